The molecule has 5 heteroatoms. The van der Waals surface area contributed by atoms with E-state index in [0.717, 1.165) is 49.1 Å². The van der Waals surface area contributed by atoms with Crippen molar-refractivity contribution in [2.24, 2.45) is 5.92 Å². The number of carbonyl (C=O) groups is 2. The highest BCUT2D eigenvalue weighted by atomic mass is 16.5. The summed E-state index contributed by atoms with van der Waals surface area (Å²) in [6, 6.07) is 15.7. The van der Waals surface area contributed by atoms with Crippen LogP contribution in [0.25, 0.3) is 5.57 Å². The van der Waals surface area contributed by atoms with E-state index in [-0.39, 0.29) is 11.8 Å². The molecule has 0 fully saturated rings. The van der Waals surface area contributed by atoms with Crippen LogP contribution in [-0.2, 0) is 16.0 Å². The van der Waals surface area contributed by atoms with Crippen LogP contribution in [0.2, 0.25) is 0 Å². The van der Waals surface area contributed by atoms with E-state index in [4.69, 9.17) is 4.74 Å². The largest absolute Gasteiger partial charge is 0.493 e. The molecule has 2 heterocycles. The fourth-order valence-electron chi connectivity index (χ4n) is 4.52. The second-order valence-electron chi connectivity index (χ2n) is 9.31. The number of ether oxygens (including phenoxy) is 1. The van der Waals surface area contributed by atoms with Crippen molar-refractivity contribution in [1.29, 1.82) is 0 Å². The van der Waals surface area contributed by atoms with Gasteiger partial charge in [-0.05, 0) is 48.1 Å². The molecule has 0 atom stereocenters. The van der Waals surface area contributed by atoms with Crippen molar-refractivity contribution in [2.45, 2.75) is 52.9 Å². The van der Waals surface area contributed by atoms with Gasteiger partial charge in [0.2, 0.25) is 0 Å². The number of para-hydroxylation sites is 1. The van der Waals surface area contributed by atoms with E-state index in [1.807, 2.05) is 47.4 Å². The summed E-state index contributed by atoms with van der Waals surface area (Å²) in [4.78, 5) is 30.6. The van der Waals surface area contributed by atoms with E-state index in [0.29, 0.717) is 36.9 Å². The normalized spacial score (nSPS) is 15.8. The second-order valence-corrected chi connectivity index (χ2v) is 9.31. The zero-order chi connectivity index (χ0) is 23.4. The first-order valence-corrected chi connectivity index (χ1v) is 12.2. The highest BCUT2D eigenvalue weighted by Gasteiger charge is 2.42. The third-order valence-electron chi connectivity index (χ3n) is 6.26. The number of hydrogen-bond acceptors (Lipinski definition) is 4. The van der Waals surface area contributed by atoms with Gasteiger partial charge in [-0.3, -0.25) is 14.5 Å². The maximum Gasteiger partial charge on any atom is 0.278 e. The van der Waals surface area contributed by atoms with Gasteiger partial charge in [0.15, 0.2) is 0 Å². The molecule has 2 aromatic carbocycles. The molecule has 2 amide bonds. The van der Waals surface area contributed by atoms with E-state index in [1.165, 1.54) is 10.5 Å². The van der Waals surface area contributed by atoms with E-state index < -0.39 is 0 Å². The molecule has 0 saturated heterocycles. The molecule has 0 unspecified atom stereocenters. The molecule has 2 aliphatic rings. The number of carbonyl (C=O) groups excluding carboxylic acids is 2. The topological polar surface area (TPSA) is 49.9 Å². The summed E-state index contributed by atoms with van der Waals surface area (Å²) in [5, 5.41) is 0. The van der Waals surface area contributed by atoms with Crippen LogP contribution in [0.4, 0.5) is 5.69 Å². The van der Waals surface area contributed by atoms with Crippen LogP contribution in [0.5, 0.6) is 5.75 Å². The zero-order valence-corrected chi connectivity index (χ0v) is 20.0. The number of nitrogens with zero attached hydrogens (tertiary/aromatic N) is 2. The Kier molecular flexibility index (Phi) is 7.17. The van der Waals surface area contributed by atoms with Gasteiger partial charge in [-0.1, -0.05) is 70.4 Å². The molecule has 0 aromatic heterocycles. The smallest absolute Gasteiger partial charge is 0.278 e. The molecule has 0 aliphatic carbocycles. The molecule has 0 bridgehead atoms. The van der Waals surface area contributed by atoms with Crippen LogP contribution in [0.1, 0.15) is 57.6 Å². The number of imide groups is 1. The van der Waals surface area contributed by atoms with Gasteiger partial charge in [-0.25, -0.2) is 0 Å². The Balaban J connectivity index is 1.67. The number of rotatable bonds is 10. The standard InChI is InChI=1S/C28H34N2O3/c1-4-5-6-9-17-30-27(31)25(22-12-14-23(15-13-22)33-19-20(2)3)26(28(30)32)29-18-16-21-10-7-8-11-24(21)29/h7-8,10-15,20H,4-6,9,16-19H2,1-3H3. The summed E-state index contributed by atoms with van der Waals surface area (Å²) in [6.45, 7) is 8.19. The van der Waals surface area contributed by atoms with Gasteiger partial charge in [0.1, 0.15) is 11.4 Å². The number of benzene rings is 2. The van der Waals surface area contributed by atoms with E-state index in [2.05, 4.69) is 26.8 Å². The highest BCUT2D eigenvalue weighted by molar-refractivity contribution is 6.36. The Morgan fingerprint density at radius 2 is 1.70 bits per heavy atom. The Morgan fingerprint density at radius 3 is 2.42 bits per heavy atom. The molecule has 2 aliphatic heterocycles. The van der Waals surface area contributed by atoms with E-state index in [1.54, 1.807) is 0 Å². The summed E-state index contributed by atoms with van der Waals surface area (Å²) < 4.78 is 5.81. The third kappa shape index (κ3) is 4.82. The lowest BCUT2D eigenvalue weighted by molar-refractivity contribution is -0.136. The Labute approximate surface area is 197 Å². The Morgan fingerprint density at radius 1 is 0.939 bits per heavy atom. The maximum absolute atomic E-state index is 13.6. The summed E-state index contributed by atoms with van der Waals surface area (Å²) in [7, 11) is 0. The van der Waals surface area contributed by atoms with Crippen molar-refractivity contribution in [1.82, 2.24) is 4.90 Å². The number of amides is 2. The molecule has 0 spiro atoms. The number of fused-ring (bicyclic) bond motifs is 1. The molecular formula is C28H34N2O3. The van der Waals surface area contributed by atoms with Gasteiger partial charge in [0.05, 0.1) is 12.2 Å². The van der Waals surface area contributed by atoms with Crippen molar-refractivity contribution in [2.75, 3.05) is 24.6 Å². The fraction of sp³-hybridized carbons (Fsp3) is 0.429. The number of unbranched alkanes of at least 4 members (excludes halogenated alkanes) is 3. The Hall–Kier alpha value is -3.08. The molecule has 4 rings (SSSR count). The quantitative estimate of drug-likeness (QED) is 0.360. The first kappa shape index (κ1) is 23.1. The van der Waals surface area contributed by atoms with E-state index >= 15 is 0 Å². The molecule has 33 heavy (non-hydrogen) atoms. The lowest BCUT2D eigenvalue weighted by Crippen LogP contribution is -2.35. The van der Waals surface area contributed by atoms with Gasteiger partial charge >= 0.3 is 0 Å². The van der Waals surface area contributed by atoms with Crippen molar-refractivity contribution < 1.29 is 14.3 Å². The maximum atomic E-state index is 13.6. The summed E-state index contributed by atoms with van der Waals surface area (Å²) in [5.74, 6) is 0.842. The molecular weight excluding hydrogens is 412 g/mol. The first-order chi connectivity index (χ1) is 16.0. The minimum atomic E-state index is -0.188. The first-order valence-electron chi connectivity index (χ1n) is 12.2. The summed E-state index contributed by atoms with van der Waals surface area (Å²) in [6.07, 6.45) is 4.96. The highest BCUT2D eigenvalue weighted by Crippen LogP contribution is 2.38. The fourth-order valence-corrected chi connectivity index (χ4v) is 4.52. The lowest BCUT2D eigenvalue weighted by atomic mass is 10.0. The zero-order valence-electron chi connectivity index (χ0n) is 20.0. The van der Waals surface area contributed by atoms with E-state index in [9.17, 15) is 9.59 Å². The van der Waals surface area contributed by atoms with Crippen LogP contribution in [-0.4, -0.2) is 36.4 Å². The number of hydrogen-bond donors (Lipinski definition) is 0. The average molecular weight is 447 g/mol. The predicted molar refractivity (Wildman–Crippen MR) is 132 cm³/mol. The van der Waals surface area contributed by atoms with Gasteiger partial charge in [0, 0.05) is 18.8 Å². The minimum Gasteiger partial charge on any atom is -0.493 e. The average Bonchev–Trinajstić information content (AvgIpc) is 3.34. The van der Waals surface area contributed by atoms with Crippen molar-refractivity contribution in [3.8, 4) is 5.75 Å². The molecule has 0 N–H and O–H groups in total. The van der Waals surface area contributed by atoms with Crippen molar-refractivity contribution in [3.05, 3.63) is 65.4 Å². The van der Waals surface area contributed by atoms with Gasteiger partial charge < -0.3 is 9.64 Å². The van der Waals surface area contributed by atoms with Gasteiger partial charge in [-0.15, -0.1) is 0 Å². The van der Waals surface area contributed by atoms with Gasteiger partial charge in [-0.2, -0.15) is 0 Å². The predicted octanol–water partition coefficient (Wildman–Crippen LogP) is 5.44. The Bertz CT molecular complexity index is 1040. The summed E-state index contributed by atoms with van der Waals surface area (Å²) >= 11 is 0. The molecule has 2 aromatic rings. The van der Waals surface area contributed by atoms with Crippen molar-refractivity contribution >= 4 is 23.1 Å². The van der Waals surface area contributed by atoms with Crippen molar-refractivity contribution in [3.63, 3.8) is 0 Å². The number of anilines is 1. The molecule has 0 radical (unpaired) electrons. The molecule has 5 nitrogen and oxygen atoms in total. The minimum absolute atomic E-state index is 0.177. The molecule has 174 valence electrons. The SMILES string of the molecule is CCCCCCN1C(=O)C(c2ccc(OCC(C)C)cc2)=C(N2CCc3ccccc32)C1=O. The van der Waals surface area contributed by atoms with Crippen LogP contribution >= 0.6 is 0 Å². The molecule has 0 saturated carbocycles. The van der Waals surface area contributed by atoms with Gasteiger partial charge in [0.25, 0.3) is 11.8 Å². The monoisotopic (exact) mass is 446 g/mol. The van der Waals surface area contributed by atoms with Crippen LogP contribution < -0.4 is 9.64 Å². The lowest BCUT2D eigenvalue weighted by Gasteiger charge is -2.21. The van der Waals surface area contributed by atoms with Crippen LogP contribution in [0.15, 0.2) is 54.2 Å². The third-order valence-corrected chi connectivity index (χ3v) is 6.26. The summed E-state index contributed by atoms with van der Waals surface area (Å²) in [5.41, 5.74) is 4.01. The second kappa shape index (κ2) is 10.2. The van der Waals surface area contributed by atoms with Crippen LogP contribution in [0, 0.1) is 5.92 Å². The van der Waals surface area contributed by atoms with Crippen LogP contribution in [0.3, 0.4) is 0 Å².